The minimum Gasteiger partial charge on any atom is -0.355 e. The minimum absolute atomic E-state index is 0.00961. The number of carbonyl (C=O) groups excluding carboxylic acids is 2. The molecule has 1 aliphatic rings. The van der Waals surface area contributed by atoms with Crippen molar-refractivity contribution in [3.8, 4) is 16.9 Å². The number of anilines is 1. The Labute approximate surface area is 186 Å². The Morgan fingerprint density at radius 3 is 2.61 bits per heavy atom. The van der Waals surface area contributed by atoms with Crippen molar-refractivity contribution >= 4 is 29.2 Å². The second-order valence-corrected chi connectivity index (χ2v) is 9.21. The number of nitrogens with one attached hydrogen (secondary N) is 2. The summed E-state index contributed by atoms with van der Waals surface area (Å²) in [4.78, 5) is 24.1. The topological polar surface area (TPSA) is 76.0 Å². The van der Waals surface area contributed by atoms with Crippen LogP contribution < -0.4 is 10.6 Å². The molecule has 0 radical (unpaired) electrons. The van der Waals surface area contributed by atoms with Crippen molar-refractivity contribution in [2.45, 2.75) is 32.6 Å². The zero-order valence-electron chi connectivity index (χ0n) is 17.8. The Bertz CT molecular complexity index is 1150. The number of para-hydroxylation sites is 1. The molecule has 0 saturated carbocycles. The molecular weight excluding hydrogens is 412 g/mol. The predicted molar refractivity (Wildman–Crippen MR) is 122 cm³/mol. The van der Waals surface area contributed by atoms with E-state index in [0.717, 1.165) is 16.9 Å². The number of hydrogen-bond acceptors (Lipinski definition) is 3. The Morgan fingerprint density at radius 2 is 1.94 bits per heavy atom. The standard InChI is InChI=1S/C24H25ClN4O2/c1-24(2,3)17-8-6-7-15(11-17)20-13-21(27-23(31)16-12-22(30)26-14-16)28-29(20)19-10-5-4-9-18(19)25/h4-11,13,16H,12,14H2,1-3H3,(H,26,30)(H,27,28,31)/t16-/m1/s1. The summed E-state index contributed by atoms with van der Waals surface area (Å²) < 4.78 is 1.75. The molecule has 7 heteroatoms. The molecule has 2 heterocycles. The van der Waals surface area contributed by atoms with E-state index in [1.807, 2.05) is 42.5 Å². The smallest absolute Gasteiger partial charge is 0.230 e. The molecule has 3 aromatic rings. The first-order chi connectivity index (χ1) is 14.7. The zero-order chi connectivity index (χ0) is 22.2. The summed E-state index contributed by atoms with van der Waals surface area (Å²) in [6.45, 7) is 6.84. The van der Waals surface area contributed by atoms with Crippen LogP contribution in [0.5, 0.6) is 0 Å². The molecule has 0 spiro atoms. The van der Waals surface area contributed by atoms with Crippen molar-refractivity contribution in [2.24, 2.45) is 5.92 Å². The molecule has 2 amide bonds. The molecule has 31 heavy (non-hydrogen) atoms. The van der Waals surface area contributed by atoms with Gasteiger partial charge in [0, 0.05) is 24.6 Å². The van der Waals surface area contributed by atoms with Crippen LogP contribution in [-0.4, -0.2) is 28.1 Å². The fraction of sp³-hybridized carbons (Fsp3) is 0.292. The Balaban J connectivity index is 1.76. The lowest BCUT2D eigenvalue weighted by atomic mass is 9.86. The highest BCUT2D eigenvalue weighted by molar-refractivity contribution is 6.32. The largest absolute Gasteiger partial charge is 0.355 e. The number of halogens is 1. The highest BCUT2D eigenvalue weighted by Gasteiger charge is 2.28. The SMILES string of the molecule is CC(C)(C)c1cccc(-c2cc(NC(=O)[C@H]3CNC(=O)C3)nn2-c2ccccc2Cl)c1. The summed E-state index contributed by atoms with van der Waals surface area (Å²) in [6, 6.07) is 17.6. The Morgan fingerprint density at radius 1 is 1.16 bits per heavy atom. The van der Waals surface area contributed by atoms with Gasteiger partial charge in [0.15, 0.2) is 5.82 Å². The van der Waals surface area contributed by atoms with Crippen LogP contribution in [0.1, 0.15) is 32.8 Å². The van der Waals surface area contributed by atoms with E-state index in [-0.39, 0.29) is 23.7 Å². The van der Waals surface area contributed by atoms with Gasteiger partial charge in [0.05, 0.1) is 22.3 Å². The van der Waals surface area contributed by atoms with Crippen LogP contribution >= 0.6 is 11.6 Å². The third-order valence-corrected chi connectivity index (χ3v) is 5.73. The van der Waals surface area contributed by atoms with Gasteiger partial charge < -0.3 is 10.6 Å². The highest BCUT2D eigenvalue weighted by atomic mass is 35.5. The molecule has 1 atom stereocenters. The lowest BCUT2D eigenvalue weighted by Gasteiger charge is -2.20. The number of rotatable bonds is 4. The fourth-order valence-corrected chi connectivity index (χ4v) is 3.83. The van der Waals surface area contributed by atoms with E-state index in [1.54, 1.807) is 4.68 Å². The Kier molecular flexibility index (Phi) is 5.58. The van der Waals surface area contributed by atoms with Crippen molar-refractivity contribution in [3.63, 3.8) is 0 Å². The second-order valence-electron chi connectivity index (χ2n) is 8.80. The monoisotopic (exact) mass is 436 g/mol. The van der Waals surface area contributed by atoms with E-state index in [1.165, 1.54) is 5.56 Å². The van der Waals surface area contributed by atoms with Crippen molar-refractivity contribution in [1.29, 1.82) is 0 Å². The maximum absolute atomic E-state index is 12.6. The van der Waals surface area contributed by atoms with Gasteiger partial charge in [-0.25, -0.2) is 4.68 Å². The maximum atomic E-state index is 12.6. The van der Waals surface area contributed by atoms with Gasteiger partial charge in [-0.2, -0.15) is 0 Å². The van der Waals surface area contributed by atoms with Crippen molar-refractivity contribution in [1.82, 2.24) is 15.1 Å². The lowest BCUT2D eigenvalue weighted by Crippen LogP contribution is -2.24. The summed E-state index contributed by atoms with van der Waals surface area (Å²) in [5, 5.41) is 10.7. The molecule has 0 unspecified atom stereocenters. The molecule has 2 N–H and O–H groups in total. The van der Waals surface area contributed by atoms with Gasteiger partial charge in [0.1, 0.15) is 0 Å². The molecule has 160 valence electrons. The summed E-state index contributed by atoms with van der Waals surface area (Å²) in [5.74, 6) is -0.315. The van der Waals surface area contributed by atoms with E-state index >= 15 is 0 Å². The molecule has 2 aromatic carbocycles. The van der Waals surface area contributed by atoms with Gasteiger partial charge in [0.2, 0.25) is 11.8 Å². The van der Waals surface area contributed by atoms with E-state index in [2.05, 4.69) is 48.6 Å². The average molecular weight is 437 g/mol. The van der Waals surface area contributed by atoms with Gasteiger partial charge in [-0.1, -0.05) is 62.7 Å². The lowest BCUT2D eigenvalue weighted by molar-refractivity contribution is -0.123. The fourth-order valence-electron chi connectivity index (χ4n) is 3.62. The molecule has 4 rings (SSSR count). The first-order valence-corrected chi connectivity index (χ1v) is 10.6. The average Bonchev–Trinajstić information content (AvgIpc) is 3.34. The molecule has 1 aliphatic heterocycles. The summed E-state index contributed by atoms with van der Waals surface area (Å²) >= 11 is 6.46. The van der Waals surface area contributed by atoms with E-state index in [4.69, 9.17) is 11.6 Å². The molecule has 1 fully saturated rings. The summed E-state index contributed by atoms with van der Waals surface area (Å²) in [6.07, 6.45) is 0.192. The van der Waals surface area contributed by atoms with Gasteiger partial charge in [0.25, 0.3) is 0 Å². The Hall–Kier alpha value is -3.12. The second kappa shape index (κ2) is 8.19. The van der Waals surface area contributed by atoms with Crippen LogP contribution in [0.4, 0.5) is 5.82 Å². The third-order valence-electron chi connectivity index (χ3n) is 5.41. The molecular formula is C24H25ClN4O2. The van der Waals surface area contributed by atoms with Gasteiger partial charge in [-0.05, 0) is 29.2 Å². The predicted octanol–water partition coefficient (Wildman–Crippen LogP) is 4.56. The number of carbonyl (C=O) groups is 2. The molecule has 0 bridgehead atoms. The first-order valence-electron chi connectivity index (χ1n) is 10.3. The number of aromatic nitrogens is 2. The van der Waals surface area contributed by atoms with Crippen molar-refractivity contribution in [3.05, 3.63) is 65.2 Å². The number of hydrogen-bond donors (Lipinski definition) is 2. The molecule has 0 aliphatic carbocycles. The van der Waals surface area contributed by atoms with Crippen LogP contribution in [0.2, 0.25) is 5.02 Å². The first kappa shape index (κ1) is 21.1. The van der Waals surface area contributed by atoms with Crippen molar-refractivity contribution in [2.75, 3.05) is 11.9 Å². The van der Waals surface area contributed by atoms with Gasteiger partial charge in [-0.3, -0.25) is 9.59 Å². The normalized spacial score (nSPS) is 16.3. The van der Waals surface area contributed by atoms with Crippen molar-refractivity contribution < 1.29 is 9.59 Å². The van der Waals surface area contributed by atoms with Crippen LogP contribution in [0.15, 0.2) is 54.6 Å². The number of benzene rings is 2. The van der Waals surface area contributed by atoms with Crippen LogP contribution in [0.3, 0.4) is 0 Å². The van der Waals surface area contributed by atoms with Crippen LogP contribution in [0.25, 0.3) is 16.9 Å². The maximum Gasteiger partial charge on any atom is 0.230 e. The molecule has 1 saturated heterocycles. The molecule has 6 nitrogen and oxygen atoms in total. The minimum atomic E-state index is -0.398. The van der Waals surface area contributed by atoms with E-state index < -0.39 is 5.92 Å². The van der Waals surface area contributed by atoms with Gasteiger partial charge in [-0.15, -0.1) is 5.10 Å². The van der Waals surface area contributed by atoms with Crippen LogP contribution in [-0.2, 0) is 15.0 Å². The number of nitrogens with zero attached hydrogens (tertiary/aromatic N) is 2. The molecule has 1 aromatic heterocycles. The summed E-state index contributed by atoms with van der Waals surface area (Å²) in [5.41, 5.74) is 3.69. The van der Waals surface area contributed by atoms with Crippen LogP contribution in [0, 0.1) is 5.92 Å². The van der Waals surface area contributed by atoms with E-state index in [9.17, 15) is 9.59 Å². The quantitative estimate of drug-likeness (QED) is 0.629. The number of amides is 2. The summed E-state index contributed by atoms with van der Waals surface area (Å²) in [7, 11) is 0. The van der Waals surface area contributed by atoms with E-state index in [0.29, 0.717) is 17.4 Å². The third kappa shape index (κ3) is 4.49. The highest BCUT2D eigenvalue weighted by Crippen LogP contribution is 2.32. The zero-order valence-corrected chi connectivity index (χ0v) is 18.5. The van der Waals surface area contributed by atoms with Gasteiger partial charge >= 0.3 is 0 Å².